The molecule has 0 spiro atoms. The first-order chi connectivity index (χ1) is 7.13. The molecule has 0 aromatic heterocycles. The summed E-state index contributed by atoms with van der Waals surface area (Å²) in [6.45, 7) is 2.97. The minimum Gasteiger partial charge on any atom is -0.305 e. The number of hydrazine groups is 1. The van der Waals surface area contributed by atoms with Gasteiger partial charge in [-0.1, -0.05) is 0 Å². The number of nitrogens with one attached hydrogen (secondary N) is 1. The molecule has 1 fully saturated rings. The van der Waals surface area contributed by atoms with Crippen molar-refractivity contribution in [3.8, 4) is 0 Å². The molecule has 1 aliphatic heterocycles. The average Bonchev–Trinajstić information content (AvgIpc) is 2.26. The number of rotatable bonds is 4. The van der Waals surface area contributed by atoms with Gasteiger partial charge < -0.3 is 9.80 Å². The fourth-order valence-electron chi connectivity index (χ4n) is 1.99. The Balaban J connectivity index is 2.27. The van der Waals surface area contributed by atoms with Gasteiger partial charge in [-0.25, -0.2) is 5.84 Å². The number of likely N-dealkylation sites (N-methyl/N-ethyl adjacent to an activating group) is 1. The van der Waals surface area contributed by atoms with Gasteiger partial charge in [0.2, 0.25) is 5.91 Å². The normalized spacial score (nSPS) is 23.1. The lowest BCUT2D eigenvalue weighted by molar-refractivity contribution is -0.121. The molecule has 3 N–H and O–H groups in total. The summed E-state index contributed by atoms with van der Waals surface area (Å²) in [6.07, 6.45) is 2.97. The Hall–Kier alpha value is -0.650. The van der Waals surface area contributed by atoms with Crippen molar-refractivity contribution in [2.75, 3.05) is 33.7 Å². The lowest BCUT2D eigenvalue weighted by Crippen LogP contribution is -2.46. The van der Waals surface area contributed by atoms with Crippen LogP contribution in [0.4, 0.5) is 0 Å². The van der Waals surface area contributed by atoms with Gasteiger partial charge in [0.1, 0.15) is 0 Å². The predicted octanol–water partition coefficient (Wildman–Crippen LogP) is -0.608. The van der Waals surface area contributed by atoms with Crippen LogP contribution < -0.4 is 11.3 Å². The maximum atomic E-state index is 11.0. The number of nitrogens with zero attached hydrogens (tertiary/aromatic N) is 2. The van der Waals surface area contributed by atoms with Crippen LogP contribution in [0.2, 0.25) is 0 Å². The number of nitrogens with two attached hydrogens (primary N) is 1. The van der Waals surface area contributed by atoms with Crippen LogP contribution in [0.5, 0.6) is 0 Å². The number of amides is 1. The van der Waals surface area contributed by atoms with E-state index in [2.05, 4.69) is 29.3 Å². The summed E-state index contributed by atoms with van der Waals surface area (Å²) in [5.74, 6) is 4.96. The van der Waals surface area contributed by atoms with E-state index >= 15 is 0 Å². The Morgan fingerprint density at radius 2 is 2.33 bits per heavy atom. The van der Waals surface area contributed by atoms with Crippen molar-refractivity contribution < 1.29 is 4.79 Å². The third kappa shape index (κ3) is 4.15. The van der Waals surface area contributed by atoms with Gasteiger partial charge in [0.05, 0.1) is 0 Å². The van der Waals surface area contributed by atoms with Crippen LogP contribution in [-0.2, 0) is 4.79 Å². The Morgan fingerprint density at radius 1 is 1.60 bits per heavy atom. The summed E-state index contributed by atoms with van der Waals surface area (Å²) in [5, 5.41) is 0. The van der Waals surface area contributed by atoms with E-state index in [4.69, 9.17) is 5.84 Å². The fourth-order valence-corrected chi connectivity index (χ4v) is 1.99. The molecule has 5 heteroatoms. The number of carbonyl (C=O) groups excluding carboxylic acids is 1. The van der Waals surface area contributed by atoms with Gasteiger partial charge in [-0.3, -0.25) is 10.2 Å². The summed E-state index contributed by atoms with van der Waals surface area (Å²) >= 11 is 0. The van der Waals surface area contributed by atoms with E-state index in [0.29, 0.717) is 12.5 Å². The molecule has 1 heterocycles. The first kappa shape index (κ1) is 12.4. The average molecular weight is 214 g/mol. The van der Waals surface area contributed by atoms with Crippen LogP contribution in [0.25, 0.3) is 0 Å². The molecule has 1 unspecified atom stereocenters. The van der Waals surface area contributed by atoms with E-state index in [1.165, 1.54) is 12.8 Å². The molecule has 0 radical (unpaired) electrons. The van der Waals surface area contributed by atoms with E-state index in [1.807, 2.05) is 0 Å². The first-order valence-corrected chi connectivity index (χ1v) is 5.51. The van der Waals surface area contributed by atoms with Gasteiger partial charge >= 0.3 is 0 Å². The molecule has 15 heavy (non-hydrogen) atoms. The zero-order valence-electron chi connectivity index (χ0n) is 9.70. The molecule has 1 aliphatic rings. The van der Waals surface area contributed by atoms with E-state index < -0.39 is 0 Å². The van der Waals surface area contributed by atoms with Crippen molar-refractivity contribution in [3.05, 3.63) is 0 Å². The number of carbonyl (C=O) groups is 1. The highest BCUT2D eigenvalue weighted by atomic mass is 16.2. The number of hydrogen-bond donors (Lipinski definition) is 2. The van der Waals surface area contributed by atoms with Crippen LogP contribution in [0, 0.1) is 0 Å². The van der Waals surface area contributed by atoms with Crippen molar-refractivity contribution in [2.45, 2.75) is 25.3 Å². The summed E-state index contributed by atoms with van der Waals surface area (Å²) in [7, 11) is 4.22. The van der Waals surface area contributed by atoms with Crippen LogP contribution in [0.1, 0.15) is 19.3 Å². The third-order valence-electron chi connectivity index (χ3n) is 3.03. The highest BCUT2D eigenvalue weighted by molar-refractivity contribution is 5.75. The van der Waals surface area contributed by atoms with Crippen molar-refractivity contribution in [2.24, 2.45) is 5.84 Å². The second kappa shape index (κ2) is 6.05. The molecule has 0 aromatic rings. The van der Waals surface area contributed by atoms with Gasteiger partial charge in [0.25, 0.3) is 0 Å². The molecule has 88 valence electrons. The van der Waals surface area contributed by atoms with E-state index in [-0.39, 0.29) is 5.91 Å². The Labute approximate surface area is 91.6 Å². The molecule has 1 saturated heterocycles. The molecule has 0 aromatic carbocycles. The summed E-state index contributed by atoms with van der Waals surface area (Å²) in [5.41, 5.74) is 2.16. The maximum Gasteiger partial charge on any atom is 0.235 e. The van der Waals surface area contributed by atoms with Crippen LogP contribution in [0.3, 0.4) is 0 Å². The van der Waals surface area contributed by atoms with Crippen molar-refractivity contribution >= 4 is 5.91 Å². The Kier molecular flexibility index (Phi) is 5.01. The largest absolute Gasteiger partial charge is 0.305 e. The van der Waals surface area contributed by atoms with Gasteiger partial charge in [0, 0.05) is 25.6 Å². The highest BCUT2D eigenvalue weighted by Crippen LogP contribution is 2.13. The summed E-state index contributed by atoms with van der Waals surface area (Å²) in [4.78, 5) is 15.6. The Bertz CT molecular complexity index is 208. The van der Waals surface area contributed by atoms with Crippen LogP contribution in [0.15, 0.2) is 0 Å². The third-order valence-corrected chi connectivity index (χ3v) is 3.03. The topological polar surface area (TPSA) is 61.6 Å². The molecule has 0 saturated carbocycles. The molecule has 0 aliphatic carbocycles. The molecule has 0 bridgehead atoms. The molecular formula is C10H22N4O. The Morgan fingerprint density at radius 3 is 2.93 bits per heavy atom. The second-order valence-electron chi connectivity index (χ2n) is 4.38. The summed E-state index contributed by atoms with van der Waals surface area (Å²) < 4.78 is 0. The van der Waals surface area contributed by atoms with Gasteiger partial charge in [0.15, 0.2) is 0 Å². The number of hydrogen-bond acceptors (Lipinski definition) is 4. The van der Waals surface area contributed by atoms with E-state index in [9.17, 15) is 4.79 Å². The van der Waals surface area contributed by atoms with Gasteiger partial charge in [-0.2, -0.15) is 0 Å². The SMILES string of the molecule is CN(C)C1CCCN(CCC(=O)NN)C1. The highest BCUT2D eigenvalue weighted by Gasteiger charge is 2.21. The zero-order chi connectivity index (χ0) is 11.3. The van der Waals surface area contributed by atoms with E-state index in [1.54, 1.807) is 0 Å². The van der Waals surface area contributed by atoms with Crippen LogP contribution in [-0.4, -0.2) is 55.5 Å². The minimum atomic E-state index is -0.0815. The summed E-state index contributed by atoms with van der Waals surface area (Å²) in [6, 6.07) is 0.625. The fraction of sp³-hybridized carbons (Fsp3) is 0.900. The quantitative estimate of drug-likeness (QED) is 0.372. The smallest absolute Gasteiger partial charge is 0.235 e. The van der Waals surface area contributed by atoms with Crippen LogP contribution >= 0.6 is 0 Å². The predicted molar refractivity (Wildman–Crippen MR) is 60.1 cm³/mol. The van der Waals surface area contributed by atoms with Gasteiger partial charge in [-0.15, -0.1) is 0 Å². The molecule has 1 atom stereocenters. The van der Waals surface area contributed by atoms with Crippen molar-refractivity contribution in [3.63, 3.8) is 0 Å². The number of likely N-dealkylation sites (tertiary alicyclic amines) is 1. The monoisotopic (exact) mass is 214 g/mol. The first-order valence-electron chi connectivity index (χ1n) is 5.51. The zero-order valence-corrected chi connectivity index (χ0v) is 9.70. The maximum absolute atomic E-state index is 11.0. The van der Waals surface area contributed by atoms with Crippen molar-refractivity contribution in [1.29, 1.82) is 0 Å². The standard InChI is InChI=1S/C10H22N4O/c1-13(2)9-4-3-6-14(8-9)7-5-10(15)12-11/h9H,3-8,11H2,1-2H3,(H,12,15). The second-order valence-corrected chi connectivity index (χ2v) is 4.38. The lowest BCUT2D eigenvalue weighted by atomic mass is 10.0. The molecule has 5 nitrogen and oxygen atoms in total. The minimum absolute atomic E-state index is 0.0815. The molecule has 1 rings (SSSR count). The molecular weight excluding hydrogens is 192 g/mol. The number of piperidine rings is 1. The van der Waals surface area contributed by atoms with Gasteiger partial charge in [-0.05, 0) is 33.5 Å². The van der Waals surface area contributed by atoms with Crippen molar-refractivity contribution in [1.82, 2.24) is 15.2 Å². The molecule has 1 amide bonds. The van der Waals surface area contributed by atoms with E-state index in [0.717, 1.165) is 19.6 Å². The lowest BCUT2D eigenvalue weighted by Gasteiger charge is -2.35.